The summed E-state index contributed by atoms with van der Waals surface area (Å²) >= 11 is 0. The second kappa shape index (κ2) is 6.22. The van der Waals surface area contributed by atoms with E-state index in [2.05, 4.69) is 0 Å². The van der Waals surface area contributed by atoms with Crippen molar-refractivity contribution in [1.29, 1.82) is 0 Å². The zero-order valence-corrected chi connectivity index (χ0v) is 13.1. The zero-order valence-electron chi connectivity index (χ0n) is 26.1. The van der Waals surface area contributed by atoms with Crippen LogP contribution < -0.4 is 4.74 Å². The maximum absolute atomic E-state index is 11.0. The lowest BCUT2D eigenvalue weighted by atomic mass is 9.68. The Kier molecular flexibility index (Phi) is 1.84. The monoisotopic (exact) mass is 327 g/mol. The first-order chi connectivity index (χ1) is 16.1. The summed E-state index contributed by atoms with van der Waals surface area (Å²) in [5.41, 5.74) is -3.68. The maximum atomic E-state index is 11.0. The van der Waals surface area contributed by atoms with Gasteiger partial charge >= 0.3 is 0 Å². The molecule has 1 N–H and O–H groups in total. The van der Waals surface area contributed by atoms with Crippen LogP contribution >= 0.6 is 0 Å². The molecule has 1 aromatic rings. The Morgan fingerprint density at radius 2 is 2.30 bits per heavy atom. The first kappa shape index (κ1) is 6.82. The van der Waals surface area contributed by atoms with Crippen LogP contribution in [-0.4, -0.2) is 10.7 Å². The first-order valence-corrected chi connectivity index (χ1v) is 7.89. The van der Waals surface area contributed by atoms with Crippen molar-refractivity contribution in [3.8, 4) is 11.5 Å². The molecule has 23 heavy (non-hydrogen) atoms. The summed E-state index contributed by atoms with van der Waals surface area (Å²) in [6.07, 6.45) is -3.00. The van der Waals surface area contributed by atoms with Gasteiger partial charge in [-0.15, -0.1) is 0 Å². The van der Waals surface area contributed by atoms with Gasteiger partial charge in [0.2, 0.25) is 0 Å². The number of hydrogen-bond donors (Lipinski definition) is 1. The highest BCUT2D eigenvalue weighted by atomic mass is 16.5. The number of ether oxygens (including phenoxy) is 1. The number of benzene rings is 1. The molecule has 0 saturated carbocycles. The van der Waals surface area contributed by atoms with Gasteiger partial charge in [0.25, 0.3) is 0 Å². The van der Waals surface area contributed by atoms with Crippen molar-refractivity contribution in [2.45, 2.75) is 77.4 Å². The van der Waals surface area contributed by atoms with E-state index in [9.17, 15) is 5.11 Å². The van der Waals surface area contributed by atoms with Crippen LogP contribution in [0.15, 0.2) is 23.8 Å². The number of allylic oxidation sites excluding steroid dienone is 2. The summed E-state index contributed by atoms with van der Waals surface area (Å²) in [5, 5.41) is 11.0. The number of hydrogen-bond acceptors (Lipinski definition) is 2. The van der Waals surface area contributed by atoms with Gasteiger partial charge in [-0.05, 0) is 63.8 Å². The third kappa shape index (κ3) is 3.13. The average molecular weight is 328 g/mol. The van der Waals surface area contributed by atoms with E-state index in [-0.39, 0.29) is 23.3 Å². The fourth-order valence-corrected chi connectivity index (χ4v) is 3.17. The molecule has 0 aromatic heterocycles. The first-order valence-electron chi connectivity index (χ1n) is 14.4. The summed E-state index contributed by atoms with van der Waals surface area (Å²) in [6.45, 7) is -7.65. The highest BCUT2D eigenvalue weighted by molar-refractivity contribution is 5.53. The summed E-state index contributed by atoms with van der Waals surface area (Å²) in [7, 11) is 0. The topological polar surface area (TPSA) is 29.5 Å². The van der Waals surface area contributed by atoms with E-state index < -0.39 is 68.5 Å². The zero-order chi connectivity index (χ0) is 27.7. The molecule has 3 rings (SSSR count). The second-order valence-electron chi connectivity index (χ2n) is 6.12. The molecule has 0 spiro atoms. The van der Waals surface area contributed by atoms with Crippen molar-refractivity contribution in [3.05, 3.63) is 34.9 Å². The minimum Gasteiger partial charge on any atom is -0.507 e. The SMILES string of the molecule is [2H]C([2H])([2H])C1=C[C@H]2c3c(O)cc(C([2H])([2H])CCCC)cc3OC(C([2H])([2H])[2H])(C([2H])([2H])[2H])[C@@H]2CC1([2H])[2H]. The molecular formula is C21H30O2. The number of phenolic OH excluding ortho intramolecular Hbond substituents is 1. The van der Waals surface area contributed by atoms with E-state index in [1.54, 1.807) is 0 Å². The molecule has 2 atom stereocenters. The van der Waals surface area contributed by atoms with Gasteiger partial charge in [0.05, 0.1) is 0 Å². The molecular weight excluding hydrogens is 284 g/mol. The van der Waals surface area contributed by atoms with Crippen molar-refractivity contribution in [2.24, 2.45) is 5.92 Å². The number of fused-ring (bicyclic) bond motifs is 3. The van der Waals surface area contributed by atoms with Gasteiger partial charge in [0.15, 0.2) is 0 Å². The second-order valence-corrected chi connectivity index (χ2v) is 6.12. The van der Waals surface area contributed by atoms with E-state index in [1.807, 2.05) is 6.92 Å². The van der Waals surface area contributed by atoms with Crippen LogP contribution in [0.3, 0.4) is 0 Å². The number of unbranched alkanes of at least 4 members (excludes halogenated alkanes) is 1. The molecule has 0 bridgehead atoms. The predicted octanol–water partition coefficient (Wildman–Crippen LogP) is 5.74. The summed E-state index contributed by atoms with van der Waals surface area (Å²) in [5.74, 6) is -3.78. The smallest absolute Gasteiger partial charge is 0.127 e. The van der Waals surface area contributed by atoms with Gasteiger partial charge in [-0.25, -0.2) is 0 Å². The summed E-state index contributed by atoms with van der Waals surface area (Å²) in [4.78, 5) is 0. The van der Waals surface area contributed by atoms with Crippen molar-refractivity contribution < 1.29 is 27.7 Å². The minimum absolute atomic E-state index is 0.0400. The molecule has 0 radical (unpaired) electrons. The molecule has 0 fully saturated rings. The third-order valence-corrected chi connectivity index (χ3v) is 4.40. The standard InChI is InChI=1S/C21H30O2/c1-5-6-7-8-15-12-18(22)20-16-11-14(2)9-10-17(16)21(3,4)23-19(20)13-15/h11-13,16-17,22H,5-10H2,1-4H3/t16-,17-/m1/s1/i2D3,3D3,4D3,8D2,9D2. The molecule has 0 saturated heterocycles. The largest absolute Gasteiger partial charge is 0.507 e. The highest BCUT2D eigenvalue weighted by Gasteiger charge is 2.45. The number of phenols is 1. The van der Waals surface area contributed by atoms with Crippen LogP contribution in [-0.2, 0) is 6.37 Å². The molecule has 0 amide bonds. The van der Waals surface area contributed by atoms with Gasteiger partial charge < -0.3 is 9.84 Å². The molecule has 1 heterocycles. The van der Waals surface area contributed by atoms with Crippen LogP contribution in [0, 0.1) is 5.92 Å². The number of aryl methyl sites for hydroxylation is 1. The fourth-order valence-electron chi connectivity index (χ4n) is 3.17. The molecule has 0 unspecified atom stereocenters. The Hall–Kier alpha value is -1.44. The van der Waals surface area contributed by atoms with Gasteiger partial charge in [-0.3, -0.25) is 0 Å². The van der Waals surface area contributed by atoms with Crippen molar-refractivity contribution in [2.75, 3.05) is 0 Å². The maximum Gasteiger partial charge on any atom is 0.127 e. The Labute approximate surface area is 158 Å². The van der Waals surface area contributed by atoms with Gasteiger partial charge in [-0.1, -0.05) is 31.4 Å². The lowest BCUT2D eigenvalue weighted by Gasteiger charge is -2.46. The van der Waals surface area contributed by atoms with Crippen LogP contribution in [0.5, 0.6) is 11.5 Å². The Morgan fingerprint density at radius 1 is 1.43 bits per heavy atom. The van der Waals surface area contributed by atoms with Crippen molar-refractivity contribution >= 4 is 0 Å². The molecule has 2 nitrogen and oxygen atoms in total. The van der Waals surface area contributed by atoms with Crippen LogP contribution in [0.1, 0.15) is 94.4 Å². The van der Waals surface area contributed by atoms with Crippen LogP contribution in [0.4, 0.5) is 0 Å². The predicted molar refractivity (Wildman–Crippen MR) is 95.3 cm³/mol. The number of rotatable bonds is 4. The molecule has 1 aliphatic carbocycles. The summed E-state index contributed by atoms with van der Waals surface area (Å²) in [6, 6.07) is 2.32. The van der Waals surface area contributed by atoms with E-state index in [0.717, 1.165) is 12.1 Å². The summed E-state index contributed by atoms with van der Waals surface area (Å²) < 4.78 is 112. The van der Waals surface area contributed by atoms with Gasteiger partial charge in [-0.2, -0.15) is 0 Å². The normalized spacial score (nSPS) is 38.0. The lowest BCUT2D eigenvalue weighted by molar-refractivity contribution is 0.0107. The van der Waals surface area contributed by atoms with E-state index in [0.29, 0.717) is 12.8 Å². The van der Waals surface area contributed by atoms with Crippen molar-refractivity contribution in [3.63, 3.8) is 0 Å². The van der Waals surface area contributed by atoms with E-state index in [1.165, 1.54) is 6.07 Å². The quantitative estimate of drug-likeness (QED) is 0.715. The molecule has 1 aromatic carbocycles. The van der Waals surface area contributed by atoms with Crippen LogP contribution in [0.25, 0.3) is 0 Å². The molecule has 2 aliphatic rings. The Balaban J connectivity index is 2.39. The third-order valence-electron chi connectivity index (χ3n) is 4.40. The number of aromatic hydroxyl groups is 1. The molecule has 2 heteroatoms. The molecule has 1 aliphatic heterocycles. The Morgan fingerprint density at radius 3 is 3.04 bits per heavy atom. The lowest BCUT2D eigenvalue weighted by Crippen LogP contribution is -2.45. The molecule has 126 valence electrons. The fraction of sp³-hybridized carbons (Fsp3) is 0.619. The Bertz CT molecular complexity index is 1020. The highest BCUT2D eigenvalue weighted by Crippen LogP contribution is 2.53. The van der Waals surface area contributed by atoms with Gasteiger partial charge in [0.1, 0.15) is 17.1 Å². The van der Waals surface area contributed by atoms with Crippen molar-refractivity contribution in [1.82, 2.24) is 0 Å². The van der Waals surface area contributed by atoms with E-state index in [4.69, 9.17) is 22.6 Å². The average Bonchev–Trinajstić information content (AvgIpc) is 2.67. The minimum atomic E-state index is -3.31. The van der Waals surface area contributed by atoms with E-state index >= 15 is 0 Å². The van der Waals surface area contributed by atoms with Gasteiger partial charge in [0, 0.05) is 35.2 Å². The van der Waals surface area contributed by atoms with Crippen LogP contribution in [0.2, 0.25) is 0 Å².